The van der Waals surface area contributed by atoms with Gasteiger partial charge in [-0.05, 0) is 30.5 Å². The molecular weight excluding hydrogens is 296 g/mol. The lowest BCUT2D eigenvalue weighted by molar-refractivity contribution is -0.142. The highest BCUT2D eigenvalue weighted by molar-refractivity contribution is 5.99. The summed E-state index contributed by atoms with van der Waals surface area (Å²) in [6.45, 7) is 5.22. The summed E-state index contributed by atoms with van der Waals surface area (Å²) in [7, 11) is 0. The molecule has 23 heavy (non-hydrogen) atoms. The number of nitrogens with two attached hydrogens (primary N) is 1. The van der Waals surface area contributed by atoms with Gasteiger partial charge in [0.2, 0.25) is 0 Å². The highest BCUT2D eigenvalue weighted by Crippen LogP contribution is 2.19. The molecule has 0 aliphatic carbocycles. The Balaban J connectivity index is 2.91. The predicted octanol–water partition coefficient (Wildman–Crippen LogP) is 1.62. The van der Waals surface area contributed by atoms with Crippen LogP contribution in [0.4, 0.5) is 11.4 Å². The molecule has 5 N–H and O–H groups in total. The quantitative estimate of drug-likeness (QED) is 0.359. The molecule has 0 aliphatic rings. The molecule has 0 saturated carbocycles. The van der Waals surface area contributed by atoms with Crippen molar-refractivity contribution in [1.82, 2.24) is 5.32 Å². The van der Waals surface area contributed by atoms with Gasteiger partial charge in [-0.15, -0.1) is 0 Å². The highest BCUT2D eigenvalue weighted by Gasteiger charge is 2.24. The fourth-order valence-corrected chi connectivity index (χ4v) is 1.83. The van der Waals surface area contributed by atoms with E-state index in [9.17, 15) is 9.59 Å². The van der Waals surface area contributed by atoms with Crippen molar-refractivity contribution in [1.29, 1.82) is 5.26 Å². The second-order valence-corrected chi connectivity index (χ2v) is 5.44. The molecule has 1 atom stereocenters. The van der Waals surface area contributed by atoms with Crippen molar-refractivity contribution in [2.75, 3.05) is 11.1 Å². The van der Waals surface area contributed by atoms with Crippen molar-refractivity contribution >= 4 is 23.3 Å². The molecule has 0 saturated heterocycles. The molecular formula is C16H20N4O3. The molecule has 7 heteroatoms. The van der Waals surface area contributed by atoms with E-state index in [4.69, 9.17) is 16.1 Å². The molecule has 0 fully saturated rings. The molecule has 1 amide bonds. The van der Waals surface area contributed by atoms with Crippen LogP contribution in [-0.4, -0.2) is 23.0 Å². The van der Waals surface area contributed by atoms with Crippen LogP contribution >= 0.6 is 0 Å². The van der Waals surface area contributed by atoms with Crippen molar-refractivity contribution in [2.45, 2.75) is 26.8 Å². The van der Waals surface area contributed by atoms with Gasteiger partial charge in [-0.25, -0.2) is 4.79 Å². The Morgan fingerprint density at radius 2 is 2.04 bits per heavy atom. The van der Waals surface area contributed by atoms with Crippen LogP contribution in [0.2, 0.25) is 0 Å². The second-order valence-electron chi connectivity index (χ2n) is 5.44. The number of carboxylic acids is 1. The first-order valence-corrected chi connectivity index (χ1v) is 7.02. The fourth-order valence-electron chi connectivity index (χ4n) is 1.83. The van der Waals surface area contributed by atoms with Crippen LogP contribution in [0, 0.1) is 24.2 Å². The Morgan fingerprint density at radius 3 is 2.57 bits per heavy atom. The van der Waals surface area contributed by atoms with Gasteiger partial charge < -0.3 is 21.5 Å². The fraction of sp³-hybridized carbons (Fsp3) is 0.312. The summed E-state index contributed by atoms with van der Waals surface area (Å²) in [6, 6.07) is 5.99. The Labute approximate surface area is 134 Å². The number of rotatable bonds is 6. The number of carboxylic acid groups (broad SMARTS) is 1. The minimum atomic E-state index is -1.15. The molecule has 0 aromatic heterocycles. The topological polar surface area (TPSA) is 128 Å². The standard InChI is InChI=1S/C16H20N4O3/c1-9(2)14(16(22)23)20-15(21)11(7-17)8-19-13-6-10(3)4-5-12(13)18/h4-6,8-9,14,19H,18H2,1-3H3,(H,20,21)(H,22,23)/b11-8-. The minimum absolute atomic E-state index is 0.238. The number of carbonyl (C=O) groups is 2. The molecule has 1 aromatic carbocycles. The van der Waals surface area contributed by atoms with E-state index in [1.807, 2.05) is 13.0 Å². The Hall–Kier alpha value is -3.01. The molecule has 7 nitrogen and oxygen atoms in total. The van der Waals surface area contributed by atoms with E-state index < -0.39 is 17.9 Å². The van der Waals surface area contributed by atoms with Gasteiger partial charge in [-0.2, -0.15) is 5.26 Å². The summed E-state index contributed by atoms with van der Waals surface area (Å²) >= 11 is 0. The lowest BCUT2D eigenvalue weighted by Gasteiger charge is -2.17. The first-order chi connectivity index (χ1) is 10.8. The lowest BCUT2D eigenvalue weighted by Crippen LogP contribution is -2.44. The number of aliphatic carboxylic acids is 1. The molecule has 0 spiro atoms. The highest BCUT2D eigenvalue weighted by atomic mass is 16.4. The van der Waals surface area contributed by atoms with Gasteiger partial charge in [-0.3, -0.25) is 4.79 Å². The van der Waals surface area contributed by atoms with Gasteiger partial charge in [0.25, 0.3) is 5.91 Å². The number of nitrogen functional groups attached to an aromatic ring is 1. The van der Waals surface area contributed by atoms with E-state index in [1.165, 1.54) is 6.20 Å². The monoisotopic (exact) mass is 316 g/mol. The minimum Gasteiger partial charge on any atom is -0.480 e. The summed E-state index contributed by atoms with van der Waals surface area (Å²) < 4.78 is 0. The maximum absolute atomic E-state index is 12.0. The zero-order chi connectivity index (χ0) is 17.6. The number of nitriles is 1. The third-order valence-corrected chi connectivity index (χ3v) is 3.17. The van der Waals surface area contributed by atoms with E-state index in [0.717, 1.165) is 5.56 Å². The van der Waals surface area contributed by atoms with Crippen LogP contribution in [0.15, 0.2) is 30.0 Å². The largest absolute Gasteiger partial charge is 0.480 e. The van der Waals surface area contributed by atoms with Crippen LogP contribution in [0.3, 0.4) is 0 Å². The SMILES string of the molecule is Cc1ccc(N)c(N/C=C(/C#N)C(=O)NC(C(=O)O)C(C)C)c1. The number of benzene rings is 1. The Kier molecular flexibility index (Phi) is 6.15. The van der Waals surface area contributed by atoms with Gasteiger partial charge in [0.15, 0.2) is 0 Å². The van der Waals surface area contributed by atoms with Gasteiger partial charge >= 0.3 is 5.97 Å². The molecule has 0 aliphatic heterocycles. The maximum Gasteiger partial charge on any atom is 0.326 e. The summed E-state index contributed by atoms with van der Waals surface area (Å²) in [6.07, 6.45) is 1.21. The van der Waals surface area contributed by atoms with Crippen LogP contribution in [0.1, 0.15) is 19.4 Å². The summed E-state index contributed by atoms with van der Waals surface area (Å²) in [5.41, 5.74) is 7.55. The number of hydrogen-bond acceptors (Lipinski definition) is 5. The third kappa shape index (κ3) is 5.04. The average Bonchev–Trinajstić information content (AvgIpc) is 2.48. The van der Waals surface area contributed by atoms with Crippen molar-refractivity contribution in [3.05, 3.63) is 35.5 Å². The van der Waals surface area contributed by atoms with Crippen LogP contribution in [0.5, 0.6) is 0 Å². The third-order valence-electron chi connectivity index (χ3n) is 3.17. The van der Waals surface area contributed by atoms with E-state index >= 15 is 0 Å². The molecule has 0 radical (unpaired) electrons. The lowest BCUT2D eigenvalue weighted by atomic mass is 10.0. The maximum atomic E-state index is 12.0. The molecule has 1 aromatic rings. The van der Waals surface area contributed by atoms with Crippen LogP contribution in [0.25, 0.3) is 0 Å². The smallest absolute Gasteiger partial charge is 0.326 e. The van der Waals surface area contributed by atoms with Crippen LogP contribution < -0.4 is 16.4 Å². The van der Waals surface area contributed by atoms with Crippen molar-refractivity contribution in [2.24, 2.45) is 5.92 Å². The summed E-state index contributed by atoms with van der Waals surface area (Å²) in [5, 5.41) is 23.3. The zero-order valence-electron chi connectivity index (χ0n) is 13.3. The Bertz CT molecular complexity index is 674. The van der Waals surface area contributed by atoms with E-state index in [-0.39, 0.29) is 11.5 Å². The molecule has 0 bridgehead atoms. The van der Waals surface area contributed by atoms with Crippen molar-refractivity contribution < 1.29 is 14.7 Å². The van der Waals surface area contributed by atoms with E-state index in [1.54, 1.807) is 32.0 Å². The Morgan fingerprint density at radius 1 is 1.39 bits per heavy atom. The van der Waals surface area contributed by atoms with E-state index in [2.05, 4.69) is 10.6 Å². The molecule has 0 heterocycles. The first kappa shape index (κ1) is 18.0. The number of amides is 1. The molecule has 122 valence electrons. The number of aryl methyl sites for hydroxylation is 1. The number of nitrogens with one attached hydrogen (secondary N) is 2. The number of carbonyl (C=O) groups excluding carboxylic acids is 1. The van der Waals surface area contributed by atoms with Crippen LogP contribution in [-0.2, 0) is 9.59 Å². The predicted molar refractivity (Wildman–Crippen MR) is 87.3 cm³/mol. The number of anilines is 2. The van der Waals surface area contributed by atoms with E-state index in [0.29, 0.717) is 11.4 Å². The van der Waals surface area contributed by atoms with Gasteiger partial charge in [-0.1, -0.05) is 19.9 Å². The average molecular weight is 316 g/mol. The van der Waals surface area contributed by atoms with Gasteiger partial charge in [0, 0.05) is 6.20 Å². The first-order valence-electron chi connectivity index (χ1n) is 7.02. The number of hydrogen-bond donors (Lipinski definition) is 4. The summed E-state index contributed by atoms with van der Waals surface area (Å²) in [4.78, 5) is 23.1. The second kappa shape index (κ2) is 7.84. The summed E-state index contributed by atoms with van der Waals surface area (Å²) in [5.74, 6) is -2.22. The molecule has 1 unspecified atom stereocenters. The zero-order valence-corrected chi connectivity index (χ0v) is 13.3. The van der Waals surface area contributed by atoms with Gasteiger partial charge in [0.1, 0.15) is 17.7 Å². The van der Waals surface area contributed by atoms with Crippen molar-refractivity contribution in [3.8, 4) is 6.07 Å². The molecule has 1 rings (SSSR count). The number of nitrogens with zero attached hydrogens (tertiary/aromatic N) is 1. The normalized spacial score (nSPS) is 12.4. The van der Waals surface area contributed by atoms with Crippen molar-refractivity contribution in [3.63, 3.8) is 0 Å². The van der Waals surface area contributed by atoms with Gasteiger partial charge in [0.05, 0.1) is 11.4 Å².